The SMILES string of the molecule is CCOC(=O)/C=C/c1ccc(N(C)CCCN(C)C(=O)OC(C)(C)C)cc1. The van der Waals surface area contributed by atoms with Crippen molar-refractivity contribution in [3.05, 3.63) is 35.9 Å². The van der Waals surface area contributed by atoms with Gasteiger partial charge in [-0.25, -0.2) is 9.59 Å². The highest BCUT2D eigenvalue weighted by molar-refractivity contribution is 5.87. The van der Waals surface area contributed by atoms with Crippen LogP contribution in [-0.4, -0.2) is 56.4 Å². The fourth-order valence-corrected chi connectivity index (χ4v) is 2.30. The second-order valence-electron chi connectivity index (χ2n) is 7.35. The van der Waals surface area contributed by atoms with Gasteiger partial charge in [-0.05, 0) is 57.9 Å². The van der Waals surface area contributed by atoms with Crippen molar-refractivity contribution in [2.75, 3.05) is 38.7 Å². The highest BCUT2D eigenvalue weighted by Gasteiger charge is 2.19. The van der Waals surface area contributed by atoms with E-state index in [2.05, 4.69) is 4.90 Å². The number of benzene rings is 1. The number of esters is 1. The van der Waals surface area contributed by atoms with Gasteiger partial charge in [0.15, 0.2) is 0 Å². The van der Waals surface area contributed by atoms with Crippen molar-refractivity contribution < 1.29 is 19.1 Å². The minimum atomic E-state index is -0.481. The maximum Gasteiger partial charge on any atom is 0.410 e. The van der Waals surface area contributed by atoms with Crippen LogP contribution in [0.4, 0.5) is 10.5 Å². The minimum absolute atomic E-state index is 0.303. The number of ether oxygens (including phenoxy) is 2. The molecule has 6 nitrogen and oxygen atoms in total. The van der Waals surface area contributed by atoms with Crippen molar-refractivity contribution in [1.29, 1.82) is 0 Å². The van der Waals surface area contributed by atoms with Gasteiger partial charge in [-0.3, -0.25) is 0 Å². The summed E-state index contributed by atoms with van der Waals surface area (Å²) in [6, 6.07) is 7.91. The molecule has 0 aliphatic carbocycles. The second kappa shape index (κ2) is 10.6. The molecule has 0 saturated carbocycles. The maximum absolute atomic E-state index is 11.9. The quantitative estimate of drug-likeness (QED) is 0.508. The predicted octanol–water partition coefficient (Wildman–Crippen LogP) is 3.96. The van der Waals surface area contributed by atoms with Gasteiger partial charge >= 0.3 is 12.1 Å². The van der Waals surface area contributed by atoms with Crippen molar-refractivity contribution in [1.82, 2.24) is 4.90 Å². The van der Waals surface area contributed by atoms with E-state index in [1.807, 2.05) is 52.1 Å². The average molecular weight is 376 g/mol. The van der Waals surface area contributed by atoms with Gasteiger partial charge in [0.1, 0.15) is 5.60 Å². The van der Waals surface area contributed by atoms with Crippen LogP contribution in [0.2, 0.25) is 0 Å². The molecular weight excluding hydrogens is 344 g/mol. The van der Waals surface area contributed by atoms with Gasteiger partial charge in [0.2, 0.25) is 0 Å². The first-order valence-electron chi connectivity index (χ1n) is 9.22. The van der Waals surface area contributed by atoms with Crippen LogP contribution in [0.3, 0.4) is 0 Å². The van der Waals surface area contributed by atoms with E-state index in [4.69, 9.17) is 9.47 Å². The van der Waals surface area contributed by atoms with E-state index >= 15 is 0 Å². The van der Waals surface area contributed by atoms with Crippen LogP contribution in [0.15, 0.2) is 30.3 Å². The van der Waals surface area contributed by atoms with Crippen LogP contribution in [0.1, 0.15) is 39.7 Å². The Hall–Kier alpha value is -2.50. The molecule has 1 aromatic rings. The number of anilines is 1. The molecule has 150 valence electrons. The monoisotopic (exact) mass is 376 g/mol. The van der Waals surface area contributed by atoms with Crippen molar-refractivity contribution in [3.8, 4) is 0 Å². The smallest absolute Gasteiger partial charge is 0.410 e. The molecular formula is C21H32N2O4. The third-order valence-electron chi connectivity index (χ3n) is 3.72. The lowest BCUT2D eigenvalue weighted by Crippen LogP contribution is -2.35. The molecule has 0 N–H and O–H groups in total. The van der Waals surface area contributed by atoms with Crippen LogP contribution >= 0.6 is 0 Å². The van der Waals surface area contributed by atoms with E-state index in [0.717, 1.165) is 24.2 Å². The molecule has 0 heterocycles. The lowest BCUT2D eigenvalue weighted by Gasteiger charge is -2.25. The summed E-state index contributed by atoms with van der Waals surface area (Å²) in [5.74, 6) is -0.340. The Labute approximate surface area is 162 Å². The number of amides is 1. The Bertz CT molecular complexity index is 633. The number of hydrogen-bond donors (Lipinski definition) is 0. The average Bonchev–Trinajstić information content (AvgIpc) is 2.59. The van der Waals surface area contributed by atoms with Gasteiger partial charge in [-0.2, -0.15) is 0 Å². The zero-order chi connectivity index (χ0) is 20.4. The van der Waals surface area contributed by atoms with E-state index in [1.54, 1.807) is 24.9 Å². The third kappa shape index (κ3) is 9.13. The van der Waals surface area contributed by atoms with Crippen LogP contribution in [0.5, 0.6) is 0 Å². The summed E-state index contributed by atoms with van der Waals surface area (Å²) in [4.78, 5) is 27.0. The Morgan fingerprint density at radius 3 is 2.26 bits per heavy atom. The zero-order valence-corrected chi connectivity index (χ0v) is 17.3. The molecule has 1 rings (SSSR count). The van der Waals surface area contributed by atoms with Crippen LogP contribution in [0, 0.1) is 0 Å². The first-order chi connectivity index (χ1) is 12.6. The topological polar surface area (TPSA) is 59.1 Å². The van der Waals surface area contributed by atoms with Gasteiger partial charge in [0, 0.05) is 38.9 Å². The first kappa shape index (κ1) is 22.5. The molecule has 0 atom stereocenters. The third-order valence-corrected chi connectivity index (χ3v) is 3.72. The number of hydrogen-bond acceptors (Lipinski definition) is 5. The summed E-state index contributed by atoms with van der Waals surface area (Å²) >= 11 is 0. The van der Waals surface area contributed by atoms with Gasteiger partial charge < -0.3 is 19.3 Å². The standard InChI is InChI=1S/C21H32N2O4/c1-7-26-19(24)14-11-17-9-12-18(13-10-17)22(5)15-8-16-23(6)20(25)27-21(2,3)4/h9-14H,7-8,15-16H2,1-6H3/b14-11+. The van der Waals surface area contributed by atoms with Crippen molar-refractivity contribution in [2.45, 2.75) is 39.7 Å². The Balaban J connectivity index is 2.45. The van der Waals surface area contributed by atoms with E-state index in [9.17, 15) is 9.59 Å². The molecule has 0 aromatic heterocycles. The highest BCUT2D eigenvalue weighted by Crippen LogP contribution is 2.15. The van der Waals surface area contributed by atoms with Crippen LogP contribution < -0.4 is 4.90 Å². The number of nitrogens with zero attached hydrogens (tertiary/aromatic N) is 2. The predicted molar refractivity (Wildman–Crippen MR) is 109 cm³/mol. The second-order valence-corrected chi connectivity index (χ2v) is 7.35. The van der Waals surface area contributed by atoms with Crippen molar-refractivity contribution >= 4 is 23.8 Å². The zero-order valence-electron chi connectivity index (χ0n) is 17.3. The summed E-state index contributed by atoms with van der Waals surface area (Å²) in [5, 5.41) is 0. The van der Waals surface area contributed by atoms with E-state index in [-0.39, 0.29) is 12.1 Å². The Kier molecular flexibility index (Phi) is 8.85. The summed E-state index contributed by atoms with van der Waals surface area (Å²) in [6.07, 6.45) is 3.69. The molecule has 1 aromatic carbocycles. The largest absolute Gasteiger partial charge is 0.463 e. The number of rotatable bonds is 8. The molecule has 1 amide bonds. The van der Waals surface area contributed by atoms with Gasteiger partial charge in [-0.15, -0.1) is 0 Å². The Morgan fingerprint density at radius 1 is 1.07 bits per heavy atom. The minimum Gasteiger partial charge on any atom is -0.463 e. The lowest BCUT2D eigenvalue weighted by molar-refractivity contribution is -0.137. The number of carbonyl (C=O) groups is 2. The van der Waals surface area contributed by atoms with E-state index < -0.39 is 5.60 Å². The van der Waals surface area contributed by atoms with Crippen LogP contribution in [0.25, 0.3) is 6.08 Å². The maximum atomic E-state index is 11.9. The van der Waals surface area contributed by atoms with Crippen LogP contribution in [-0.2, 0) is 14.3 Å². The summed E-state index contributed by atoms with van der Waals surface area (Å²) in [7, 11) is 3.76. The molecule has 6 heteroatoms. The first-order valence-corrected chi connectivity index (χ1v) is 9.22. The molecule has 0 fully saturated rings. The Morgan fingerprint density at radius 2 is 1.70 bits per heavy atom. The van der Waals surface area contributed by atoms with Gasteiger partial charge in [-0.1, -0.05) is 12.1 Å². The normalized spacial score (nSPS) is 11.3. The molecule has 0 aliphatic rings. The summed E-state index contributed by atoms with van der Waals surface area (Å²) < 4.78 is 10.2. The number of carbonyl (C=O) groups excluding carboxylic acids is 2. The van der Waals surface area contributed by atoms with Crippen molar-refractivity contribution in [3.63, 3.8) is 0 Å². The molecule has 0 bridgehead atoms. The molecule has 0 spiro atoms. The fraction of sp³-hybridized carbons (Fsp3) is 0.524. The lowest BCUT2D eigenvalue weighted by atomic mass is 10.2. The summed E-state index contributed by atoms with van der Waals surface area (Å²) in [5.41, 5.74) is 1.53. The molecule has 0 saturated heterocycles. The van der Waals surface area contributed by atoms with E-state index in [1.165, 1.54) is 6.08 Å². The molecule has 0 radical (unpaired) electrons. The molecule has 0 unspecified atom stereocenters. The highest BCUT2D eigenvalue weighted by atomic mass is 16.6. The van der Waals surface area contributed by atoms with E-state index in [0.29, 0.717) is 13.2 Å². The van der Waals surface area contributed by atoms with Crippen molar-refractivity contribution in [2.24, 2.45) is 0 Å². The molecule has 0 aliphatic heterocycles. The van der Waals surface area contributed by atoms with Gasteiger partial charge in [0.25, 0.3) is 0 Å². The fourth-order valence-electron chi connectivity index (χ4n) is 2.30. The summed E-state index contributed by atoms with van der Waals surface area (Å²) in [6.45, 7) is 9.16. The van der Waals surface area contributed by atoms with Gasteiger partial charge in [0.05, 0.1) is 6.61 Å². The molecule has 27 heavy (non-hydrogen) atoms.